The van der Waals surface area contributed by atoms with Crippen molar-refractivity contribution in [3.63, 3.8) is 0 Å². The number of carbonyl (C=O) groups is 1. The van der Waals surface area contributed by atoms with Crippen LogP contribution in [0.25, 0.3) is 11.0 Å². The van der Waals surface area contributed by atoms with Gasteiger partial charge in [0.05, 0.1) is 22.8 Å². The van der Waals surface area contributed by atoms with E-state index in [4.69, 9.17) is 11.6 Å². The van der Waals surface area contributed by atoms with Crippen molar-refractivity contribution < 1.29 is 18.0 Å². The number of halogens is 4. The highest BCUT2D eigenvalue weighted by Gasteiger charge is 2.31. The standard InChI is InChI=1S/C16H12ClF3N4O/c17-12-6-11(16(18,19)20)7-22-13(12)8-23-14(25)9-24-5-3-10-2-1-4-21-15(10)24/h1-7H,8-9H2,(H,23,25). The van der Waals surface area contributed by atoms with Gasteiger partial charge in [-0.2, -0.15) is 13.2 Å². The molecule has 3 aromatic heterocycles. The molecule has 25 heavy (non-hydrogen) atoms. The molecule has 3 aromatic rings. The van der Waals surface area contributed by atoms with Crippen LogP contribution in [0.5, 0.6) is 0 Å². The van der Waals surface area contributed by atoms with Gasteiger partial charge in [0.1, 0.15) is 12.2 Å². The monoisotopic (exact) mass is 368 g/mol. The molecule has 0 saturated carbocycles. The Hall–Kier alpha value is -2.61. The van der Waals surface area contributed by atoms with Crippen LogP contribution in [0, 0.1) is 0 Å². The van der Waals surface area contributed by atoms with E-state index in [1.807, 2.05) is 12.1 Å². The fraction of sp³-hybridized carbons (Fsp3) is 0.188. The number of alkyl halides is 3. The Labute approximate surface area is 145 Å². The molecule has 0 radical (unpaired) electrons. The summed E-state index contributed by atoms with van der Waals surface area (Å²) in [6.45, 7) is -0.0405. The van der Waals surface area contributed by atoms with Crippen molar-refractivity contribution >= 4 is 28.5 Å². The number of carbonyl (C=O) groups excluding carboxylic acids is 1. The van der Waals surface area contributed by atoms with Crippen molar-refractivity contribution in [2.24, 2.45) is 0 Å². The van der Waals surface area contributed by atoms with E-state index < -0.39 is 11.7 Å². The molecule has 9 heteroatoms. The molecule has 0 aliphatic rings. The number of amides is 1. The molecular formula is C16H12ClF3N4O. The van der Waals surface area contributed by atoms with Crippen LogP contribution in [-0.2, 0) is 24.1 Å². The minimum absolute atomic E-state index is 0.0266. The molecule has 0 aliphatic carbocycles. The third-order valence-corrected chi connectivity index (χ3v) is 3.86. The Morgan fingerprint density at radius 3 is 2.80 bits per heavy atom. The van der Waals surface area contributed by atoms with Crippen LogP contribution in [0.15, 0.2) is 42.9 Å². The van der Waals surface area contributed by atoms with Gasteiger partial charge in [-0.05, 0) is 24.3 Å². The van der Waals surface area contributed by atoms with Crippen LogP contribution in [-0.4, -0.2) is 20.4 Å². The van der Waals surface area contributed by atoms with Gasteiger partial charge in [-0.15, -0.1) is 0 Å². The fourth-order valence-corrected chi connectivity index (χ4v) is 2.53. The number of nitrogens with one attached hydrogen (secondary N) is 1. The molecule has 3 heterocycles. The zero-order chi connectivity index (χ0) is 18.0. The third kappa shape index (κ3) is 3.90. The Bertz CT molecular complexity index is 923. The van der Waals surface area contributed by atoms with E-state index in [2.05, 4.69) is 15.3 Å². The van der Waals surface area contributed by atoms with Gasteiger partial charge < -0.3 is 9.88 Å². The van der Waals surface area contributed by atoms with Gasteiger partial charge in [-0.3, -0.25) is 9.78 Å². The van der Waals surface area contributed by atoms with E-state index in [0.29, 0.717) is 11.8 Å². The van der Waals surface area contributed by atoms with Gasteiger partial charge in [0.25, 0.3) is 0 Å². The first kappa shape index (κ1) is 17.2. The van der Waals surface area contributed by atoms with Crippen LogP contribution < -0.4 is 5.32 Å². The number of fused-ring (bicyclic) bond motifs is 1. The fourth-order valence-electron chi connectivity index (χ4n) is 2.29. The van der Waals surface area contributed by atoms with Crippen LogP contribution in [0.4, 0.5) is 13.2 Å². The summed E-state index contributed by atoms with van der Waals surface area (Å²) in [6.07, 6.45) is -0.457. The van der Waals surface area contributed by atoms with E-state index in [-0.39, 0.29) is 29.7 Å². The summed E-state index contributed by atoms with van der Waals surface area (Å²) >= 11 is 5.81. The van der Waals surface area contributed by atoms with Crippen LogP contribution >= 0.6 is 11.6 Å². The lowest BCUT2D eigenvalue weighted by Gasteiger charge is -2.10. The lowest BCUT2D eigenvalue weighted by molar-refractivity contribution is -0.137. The predicted molar refractivity (Wildman–Crippen MR) is 85.8 cm³/mol. The highest BCUT2D eigenvalue weighted by molar-refractivity contribution is 6.31. The van der Waals surface area contributed by atoms with Crippen molar-refractivity contribution in [1.82, 2.24) is 19.9 Å². The zero-order valence-electron chi connectivity index (χ0n) is 12.7. The molecular weight excluding hydrogens is 357 g/mol. The summed E-state index contributed by atoms with van der Waals surface area (Å²) in [6, 6.07) is 6.30. The second-order valence-electron chi connectivity index (χ2n) is 5.29. The van der Waals surface area contributed by atoms with Gasteiger partial charge in [-0.1, -0.05) is 11.6 Å². The predicted octanol–water partition coefficient (Wildman–Crippen LogP) is 3.42. The molecule has 3 rings (SSSR count). The van der Waals surface area contributed by atoms with Crippen molar-refractivity contribution in [3.8, 4) is 0 Å². The van der Waals surface area contributed by atoms with Gasteiger partial charge in [0.15, 0.2) is 0 Å². The molecule has 0 bridgehead atoms. The molecule has 130 valence electrons. The first-order chi connectivity index (χ1) is 11.8. The molecule has 0 spiro atoms. The van der Waals surface area contributed by atoms with Crippen molar-refractivity contribution in [2.45, 2.75) is 19.3 Å². The highest BCUT2D eigenvalue weighted by Crippen LogP contribution is 2.30. The Balaban J connectivity index is 1.64. The molecule has 0 fully saturated rings. The molecule has 5 nitrogen and oxygen atoms in total. The van der Waals surface area contributed by atoms with E-state index in [1.54, 1.807) is 23.0 Å². The summed E-state index contributed by atoms with van der Waals surface area (Å²) in [5.74, 6) is -0.332. The molecule has 0 saturated heterocycles. The van der Waals surface area contributed by atoms with Crippen molar-refractivity contribution in [2.75, 3.05) is 0 Å². The summed E-state index contributed by atoms with van der Waals surface area (Å²) in [5, 5.41) is 3.34. The van der Waals surface area contributed by atoms with Crippen LogP contribution in [0.1, 0.15) is 11.3 Å². The quantitative estimate of drug-likeness (QED) is 0.767. The largest absolute Gasteiger partial charge is 0.417 e. The number of pyridine rings is 2. The minimum atomic E-state index is -4.51. The third-order valence-electron chi connectivity index (χ3n) is 3.53. The minimum Gasteiger partial charge on any atom is -0.349 e. The van der Waals surface area contributed by atoms with Crippen molar-refractivity contribution in [3.05, 3.63) is 59.1 Å². The second-order valence-corrected chi connectivity index (χ2v) is 5.69. The lowest BCUT2D eigenvalue weighted by Crippen LogP contribution is -2.27. The van der Waals surface area contributed by atoms with E-state index in [0.717, 1.165) is 11.5 Å². The van der Waals surface area contributed by atoms with Gasteiger partial charge in [0.2, 0.25) is 5.91 Å². The average Bonchev–Trinajstić information content (AvgIpc) is 2.96. The van der Waals surface area contributed by atoms with Crippen molar-refractivity contribution in [1.29, 1.82) is 0 Å². The number of aromatic nitrogens is 3. The van der Waals surface area contributed by atoms with Gasteiger partial charge in [0, 0.05) is 24.0 Å². The zero-order valence-corrected chi connectivity index (χ0v) is 13.5. The molecule has 0 aromatic carbocycles. The van der Waals surface area contributed by atoms with E-state index in [1.165, 1.54) is 0 Å². The first-order valence-corrected chi connectivity index (χ1v) is 7.60. The maximum absolute atomic E-state index is 12.6. The van der Waals surface area contributed by atoms with Gasteiger partial charge >= 0.3 is 6.18 Å². The summed E-state index contributed by atoms with van der Waals surface area (Å²) < 4.78 is 39.4. The SMILES string of the molecule is O=C(Cn1ccc2cccnc21)NCc1ncc(C(F)(F)F)cc1Cl. The highest BCUT2D eigenvalue weighted by atomic mass is 35.5. The molecule has 0 unspecified atom stereocenters. The maximum atomic E-state index is 12.6. The number of hydrogen-bond donors (Lipinski definition) is 1. The lowest BCUT2D eigenvalue weighted by atomic mass is 10.2. The molecule has 1 amide bonds. The maximum Gasteiger partial charge on any atom is 0.417 e. The Kier molecular flexibility index (Phi) is 4.63. The second kappa shape index (κ2) is 6.72. The van der Waals surface area contributed by atoms with E-state index in [9.17, 15) is 18.0 Å². The summed E-state index contributed by atoms with van der Waals surface area (Å²) in [7, 11) is 0. The van der Waals surface area contributed by atoms with E-state index >= 15 is 0 Å². The topological polar surface area (TPSA) is 59.8 Å². The van der Waals surface area contributed by atoms with Gasteiger partial charge in [-0.25, -0.2) is 4.98 Å². The normalized spacial score (nSPS) is 11.7. The Morgan fingerprint density at radius 1 is 1.28 bits per heavy atom. The molecule has 1 N–H and O–H groups in total. The van der Waals surface area contributed by atoms with Crippen LogP contribution in [0.2, 0.25) is 5.02 Å². The molecule has 0 atom stereocenters. The first-order valence-electron chi connectivity index (χ1n) is 7.23. The number of rotatable bonds is 4. The summed E-state index contributed by atoms with van der Waals surface area (Å²) in [4.78, 5) is 19.9. The summed E-state index contributed by atoms with van der Waals surface area (Å²) in [5.41, 5.74) is -0.0979. The Morgan fingerprint density at radius 2 is 2.08 bits per heavy atom. The smallest absolute Gasteiger partial charge is 0.349 e. The average molecular weight is 369 g/mol. The van der Waals surface area contributed by atoms with Crippen LogP contribution in [0.3, 0.4) is 0 Å². The molecule has 0 aliphatic heterocycles. The number of hydrogen-bond acceptors (Lipinski definition) is 3. The number of nitrogens with zero attached hydrogens (tertiary/aromatic N) is 3.